The second-order valence-corrected chi connectivity index (χ2v) is 9.53. The Hall–Kier alpha value is -2.99. The molecule has 1 fully saturated rings. The van der Waals surface area contributed by atoms with Crippen LogP contribution in [0.25, 0.3) is 0 Å². The molecular weight excluding hydrogens is 406 g/mol. The van der Waals surface area contributed by atoms with E-state index in [1.54, 1.807) is 19.2 Å². The molecule has 0 saturated heterocycles. The van der Waals surface area contributed by atoms with Crippen molar-refractivity contribution in [2.45, 2.75) is 42.5 Å². The molecule has 156 valence electrons. The van der Waals surface area contributed by atoms with Crippen molar-refractivity contribution in [1.82, 2.24) is 9.58 Å². The molecule has 1 atom stereocenters. The Labute approximate surface area is 185 Å². The summed E-state index contributed by atoms with van der Waals surface area (Å²) < 4.78 is 1.94. The van der Waals surface area contributed by atoms with Gasteiger partial charge in [0.05, 0.1) is 6.04 Å². The second-order valence-electron chi connectivity index (χ2n) is 8.51. The van der Waals surface area contributed by atoms with E-state index in [9.17, 15) is 9.59 Å². The molecule has 2 aromatic carbocycles. The third-order valence-electron chi connectivity index (χ3n) is 6.59. The predicted molar refractivity (Wildman–Crippen MR) is 122 cm³/mol. The van der Waals surface area contributed by atoms with Crippen molar-refractivity contribution < 1.29 is 4.79 Å². The van der Waals surface area contributed by atoms with E-state index in [0.29, 0.717) is 17.9 Å². The maximum absolute atomic E-state index is 13.4. The highest BCUT2D eigenvalue weighted by atomic mass is 32.2. The lowest BCUT2D eigenvalue weighted by Crippen LogP contribution is -2.56. The summed E-state index contributed by atoms with van der Waals surface area (Å²) in [5, 5.41) is 2.27. The zero-order valence-corrected chi connectivity index (χ0v) is 18.1. The van der Waals surface area contributed by atoms with Gasteiger partial charge in [0.15, 0.2) is 5.43 Å². The maximum atomic E-state index is 13.4. The Morgan fingerprint density at radius 3 is 2.48 bits per heavy atom. The lowest BCUT2D eigenvalue weighted by Gasteiger charge is -2.44. The van der Waals surface area contributed by atoms with Gasteiger partial charge in [-0.15, -0.1) is 11.8 Å². The van der Waals surface area contributed by atoms with Crippen LogP contribution in [-0.2, 0) is 5.75 Å². The van der Waals surface area contributed by atoms with Gasteiger partial charge in [-0.1, -0.05) is 42.5 Å². The molecule has 0 spiro atoms. The van der Waals surface area contributed by atoms with Crippen LogP contribution in [0.1, 0.15) is 51.6 Å². The molecule has 1 unspecified atom stereocenters. The van der Waals surface area contributed by atoms with E-state index in [4.69, 9.17) is 0 Å². The number of thioether (sulfide) groups is 1. The molecular formula is C25H23N3O2S. The maximum Gasteiger partial charge on any atom is 0.274 e. The topological polar surface area (TPSA) is 45.6 Å². The van der Waals surface area contributed by atoms with Crippen molar-refractivity contribution in [3.05, 3.63) is 99.0 Å². The summed E-state index contributed by atoms with van der Waals surface area (Å²) in [5.41, 5.74) is 4.74. The Bertz CT molecular complexity index is 1220. The monoisotopic (exact) mass is 429 g/mol. The number of aromatic nitrogens is 1. The summed E-state index contributed by atoms with van der Waals surface area (Å²) in [5.74, 6) is 0.886. The molecule has 6 rings (SSSR count). The normalized spacial score (nSPS) is 20.0. The highest BCUT2D eigenvalue weighted by Crippen LogP contribution is 2.43. The summed E-state index contributed by atoms with van der Waals surface area (Å²) in [6, 6.07) is 19.0. The zero-order valence-electron chi connectivity index (χ0n) is 17.3. The van der Waals surface area contributed by atoms with Gasteiger partial charge in [0.1, 0.15) is 12.4 Å². The van der Waals surface area contributed by atoms with Gasteiger partial charge in [0, 0.05) is 34.5 Å². The standard InChI is InChI=1S/C25H23N3O2S/c1-16-21(29)12-13-27-23(16)25(30)26(18-10-11-18)15-28(27)24-19-7-3-2-6-17(19)14-31-22-9-5-4-8-20(22)24/h2-9,12-13,18,24H,10-11,14-15H2,1H3. The van der Waals surface area contributed by atoms with Gasteiger partial charge in [0.25, 0.3) is 5.91 Å². The largest absolute Gasteiger partial charge is 0.315 e. The third kappa shape index (κ3) is 2.92. The predicted octanol–water partition coefficient (Wildman–Crippen LogP) is 4.07. The zero-order chi connectivity index (χ0) is 21.1. The third-order valence-corrected chi connectivity index (χ3v) is 7.73. The minimum atomic E-state index is -0.0885. The summed E-state index contributed by atoms with van der Waals surface area (Å²) in [7, 11) is 0. The SMILES string of the molecule is Cc1c2n(ccc1=O)N(C1c3ccccc3CSc3ccccc31)CN(C1CC1)C2=O. The van der Waals surface area contributed by atoms with E-state index in [1.165, 1.54) is 21.6 Å². The molecule has 3 aliphatic rings. The summed E-state index contributed by atoms with van der Waals surface area (Å²) in [6.45, 7) is 2.28. The van der Waals surface area contributed by atoms with Crippen LogP contribution in [0.15, 0.2) is 70.5 Å². The van der Waals surface area contributed by atoms with Crippen molar-refractivity contribution in [2.24, 2.45) is 0 Å². The first-order valence-electron chi connectivity index (χ1n) is 10.7. The van der Waals surface area contributed by atoms with Crippen molar-refractivity contribution >= 4 is 17.7 Å². The average molecular weight is 430 g/mol. The van der Waals surface area contributed by atoms with Gasteiger partial charge in [-0.2, -0.15) is 0 Å². The van der Waals surface area contributed by atoms with E-state index in [-0.39, 0.29) is 23.4 Å². The fraction of sp³-hybridized carbons (Fsp3) is 0.280. The number of benzene rings is 2. The van der Waals surface area contributed by atoms with Gasteiger partial charge in [-0.25, -0.2) is 0 Å². The average Bonchev–Trinajstić information content (AvgIpc) is 3.63. The molecule has 5 nitrogen and oxygen atoms in total. The highest BCUT2D eigenvalue weighted by molar-refractivity contribution is 7.98. The Morgan fingerprint density at radius 1 is 0.935 bits per heavy atom. The Balaban J connectivity index is 1.61. The van der Waals surface area contributed by atoms with Crippen molar-refractivity contribution in [1.29, 1.82) is 0 Å². The van der Waals surface area contributed by atoms with Crippen LogP contribution in [0.2, 0.25) is 0 Å². The second kappa shape index (κ2) is 7.02. The molecule has 31 heavy (non-hydrogen) atoms. The lowest BCUT2D eigenvalue weighted by molar-refractivity contribution is 0.0669. The van der Waals surface area contributed by atoms with E-state index >= 15 is 0 Å². The van der Waals surface area contributed by atoms with E-state index in [1.807, 2.05) is 21.3 Å². The van der Waals surface area contributed by atoms with Crippen LogP contribution in [0.5, 0.6) is 0 Å². The van der Waals surface area contributed by atoms with Crippen molar-refractivity contribution in [3.8, 4) is 0 Å². The lowest BCUT2D eigenvalue weighted by atomic mass is 9.94. The number of hydrogen-bond acceptors (Lipinski definition) is 4. The first-order valence-corrected chi connectivity index (χ1v) is 11.7. The van der Waals surface area contributed by atoms with Gasteiger partial charge in [-0.3, -0.25) is 19.3 Å². The number of amides is 1. The number of pyridine rings is 1. The highest BCUT2D eigenvalue weighted by Gasteiger charge is 2.42. The van der Waals surface area contributed by atoms with Gasteiger partial charge in [-0.05, 0) is 42.5 Å². The minimum absolute atomic E-state index is 0.0292. The number of hydrogen-bond donors (Lipinski definition) is 0. The first kappa shape index (κ1) is 18.8. The molecule has 1 aliphatic carbocycles. The smallest absolute Gasteiger partial charge is 0.274 e. The van der Waals surface area contributed by atoms with Crippen LogP contribution in [-0.4, -0.2) is 28.2 Å². The Kier molecular flexibility index (Phi) is 4.25. The minimum Gasteiger partial charge on any atom is -0.315 e. The van der Waals surface area contributed by atoms with Gasteiger partial charge < -0.3 is 4.90 Å². The number of carbonyl (C=O) groups excluding carboxylic acids is 1. The Morgan fingerprint density at radius 2 is 1.68 bits per heavy atom. The fourth-order valence-corrected chi connectivity index (χ4v) is 5.91. The summed E-state index contributed by atoms with van der Waals surface area (Å²) >= 11 is 1.86. The van der Waals surface area contributed by atoms with Crippen LogP contribution >= 0.6 is 11.8 Å². The molecule has 3 aromatic rings. The molecule has 0 radical (unpaired) electrons. The molecule has 0 bridgehead atoms. The molecule has 0 N–H and O–H groups in total. The molecule has 1 amide bonds. The van der Waals surface area contributed by atoms with Gasteiger partial charge >= 0.3 is 0 Å². The quantitative estimate of drug-likeness (QED) is 0.616. The summed E-state index contributed by atoms with van der Waals surface area (Å²) in [6.07, 6.45) is 3.84. The molecule has 6 heteroatoms. The molecule has 1 saturated carbocycles. The molecule has 1 aromatic heterocycles. The number of carbonyl (C=O) groups is 1. The van der Waals surface area contributed by atoms with Crippen LogP contribution in [0.4, 0.5) is 0 Å². The van der Waals surface area contributed by atoms with Crippen LogP contribution in [0, 0.1) is 6.92 Å². The van der Waals surface area contributed by atoms with Gasteiger partial charge in [0.2, 0.25) is 0 Å². The first-order chi connectivity index (χ1) is 15.1. The van der Waals surface area contributed by atoms with E-state index in [0.717, 1.165) is 18.6 Å². The number of fused-ring (bicyclic) bond motifs is 3. The fourth-order valence-electron chi connectivity index (χ4n) is 4.81. The molecule has 3 heterocycles. The van der Waals surface area contributed by atoms with Crippen LogP contribution in [0.3, 0.4) is 0 Å². The van der Waals surface area contributed by atoms with Crippen molar-refractivity contribution in [2.75, 3.05) is 11.7 Å². The van der Waals surface area contributed by atoms with Crippen LogP contribution < -0.4 is 10.4 Å². The van der Waals surface area contributed by atoms with Crippen molar-refractivity contribution in [3.63, 3.8) is 0 Å². The number of nitrogens with zero attached hydrogens (tertiary/aromatic N) is 3. The number of rotatable bonds is 2. The summed E-state index contributed by atoms with van der Waals surface area (Å²) in [4.78, 5) is 29.1. The van der Waals surface area contributed by atoms with E-state index < -0.39 is 0 Å². The van der Waals surface area contributed by atoms with E-state index in [2.05, 4.69) is 53.5 Å². The molecule has 2 aliphatic heterocycles.